The Morgan fingerprint density at radius 1 is 1.24 bits per heavy atom. The van der Waals surface area contributed by atoms with Gasteiger partial charge in [-0.05, 0) is 32.4 Å². The van der Waals surface area contributed by atoms with Gasteiger partial charge in [-0.15, -0.1) is 0 Å². The molecule has 1 atom stereocenters. The van der Waals surface area contributed by atoms with Crippen LogP contribution in [0.25, 0.3) is 0 Å². The molecule has 1 saturated heterocycles. The molecule has 4 nitrogen and oxygen atoms in total. The molecule has 0 saturated carbocycles. The summed E-state index contributed by atoms with van der Waals surface area (Å²) < 4.78 is 10.5. The van der Waals surface area contributed by atoms with E-state index in [1.54, 1.807) is 20.3 Å². The molecule has 0 spiro atoms. The lowest BCUT2D eigenvalue weighted by molar-refractivity contribution is 0.347. The summed E-state index contributed by atoms with van der Waals surface area (Å²) in [6, 6.07) is 3.46. The summed E-state index contributed by atoms with van der Waals surface area (Å²) in [6.45, 7) is 3.15. The minimum absolute atomic E-state index is 0.105. The molecule has 1 aliphatic heterocycles. The minimum atomic E-state index is -0.105. The van der Waals surface area contributed by atoms with Crippen LogP contribution in [-0.4, -0.2) is 25.9 Å². The van der Waals surface area contributed by atoms with Gasteiger partial charge >= 0.3 is 0 Å². The number of methoxy groups -OCH3 is 2. The van der Waals surface area contributed by atoms with Gasteiger partial charge < -0.3 is 19.9 Å². The highest BCUT2D eigenvalue weighted by Gasteiger charge is 2.33. The smallest absolute Gasteiger partial charge is 0.161 e. The number of rotatable bonds is 3. The average Bonchev–Trinajstić information content (AvgIpc) is 2.76. The fourth-order valence-corrected chi connectivity index (χ4v) is 2.44. The molecule has 0 amide bonds. The maximum atomic E-state index is 9.75. The predicted octanol–water partition coefficient (Wildman–Crippen LogP) is 2.01. The lowest BCUT2D eigenvalue weighted by atomic mass is 9.89. The maximum absolute atomic E-state index is 9.75. The zero-order valence-electron chi connectivity index (χ0n) is 10.5. The van der Waals surface area contributed by atoms with Gasteiger partial charge in [-0.1, -0.05) is 0 Å². The van der Waals surface area contributed by atoms with Crippen LogP contribution in [0, 0.1) is 0 Å². The lowest BCUT2D eigenvalue weighted by Gasteiger charge is -2.27. The van der Waals surface area contributed by atoms with Gasteiger partial charge in [0.25, 0.3) is 0 Å². The number of phenolic OH excluding ortho intramolecular Hbond substituents is 1. The van der Waals surface area contributed by atoms with Crippen molar-refractivity contribution in [2.75, 3.05) is 20.8 Å². The molecule has 1 unspecified atom stereocenters. The van der Waals surface area contributed by atoms with Crippen LogP contribution in [0.1, 0.15) is 25.3 Å². The van der Waals surface area contributed by atoms with E-state index in [2.05, 4.69) is 12.2 Å². The monoisotopic (exact) mass is 237 g/mol. The summed E-state index contributed by atoms with van der Waals surface area (Å²) in [4.78, 5) is 0. The standard InChI is InChI=1S/C13H19NO3/c1-13(5-4-6-14-13)9-7-12(17-3)10(15)8-11(9)16-2/h7-8,14-15H,4-6H2,1-3H3. The van der Waals surface area contributed by atoms with E-state index in [4.69, 9.17) is 9.47 Å². The van der Waals surface area contributed by atoms with E-state index in [1.165, 1.54) is 0 Å². The molecule has 1 aliphatic rings. The van der Waals surface area contributed by atoms with E-state index < -0.39 is 0 Å². The van der Waals surface area contributed by atoms with E-state index in [0.717, 1.165) is 24.9 Å². The summed E-state index contributed by atoms with van der Waals surface area (Å²) in [7, 11) is 3.17. The van der Waals surface area contributed by atoms with Crippen molar-refractivity contribution in [3.63, 3.8) is 0 Å². The molecular formula is C13H19NO3. The molecule has 1 aromatic rings. The molecule has 0 aliphatic carbocycles. The molecule has 1 fully saturated rings. The largest absolute Gasteiger partial charge is 0.504 e. The second-order valence-corrected chi connectivity index (χ2v) is 4.59. The molecule has 1 aromatic carbocycles. The number of benzene rings is 1. The summed E-state index contributed by atoms with van der Waals surface area (Å²) in [5.41, 5.74) is 0.930. The van der Waals surface area contributed by atoms with Crippen LogP contribution < -0.4 is 14.8 Å². The maximum Gasteiger partial charge on any atom is 0.161 e. The summed E-state index contributed by atoms with van der Waals surface area (Å²) in [5, 5.41) is 13.2. The zero-order chi connectivity index (χ0) is 12.5. The summed E-state index contributed by atoms with van der Waals surface area (Å²) >= 11 is 0. The van der Waals surface area contributed by atoms with Gasteiger partial charge in [0.05, 0.1) is 14.2 Å². The van der Waals surface area contributed by atoms with Crippen LogP contribution in [-0.2, 0) is 5.54 Å². The van der Waals surface area contributed by atoms with Gasteiger partial charge in [0.15, 0.2) is 11.5 Å². The Morgan fingerprint density at radius 2 is 1.94 bits per heavy atom. The molecular weight excluding hydrogens is 218 g/mol. The minimum Gasteiger partial charge on any atom is -0.504 e. The molecule has 0 bridgehead atoms. The first-order chi connectivity index (χ1) is 8.10. The van der Waals surface area contributed by atoms with Gasteiger partial charge in [0.2, 0.25) is 0 Å². The van der Waals surface area contributed by atoms with Crippen molar-refractivity contribution >= 4 is 0 Å². The number of nitrogens with one attached hydrogen (secondary N) is 1. The first kappa shape index (κ1) is 12.0. The van der Waals surface area contributed by atoms with Crippen LogP contribution in [0.5, 0.6) is 17.2 Å². The van der Waals surface area contributed by atoms with Crippen LogP contribution in [0.3, 0.4) is 0 Å². The molecule has 1 heterocycles. The molecule has 0 radical (unpaired) electrons. The Balaban J connectivity index is 2.50. The summed E-state index contributed by atoms with van der Waals surface area (Å²) in [5.74, 6) is 1.28. The Morgan fingerprint density at radius 3 is 2.47 bits per heavy atom. The predicted molar refractivity (Wildman–Crippen MR) is 65.8 cm³/mol. The fourth-order valence-electron chi connectivity index (χ4n) is 2.44. The van der Waals surface area contributed by atoms with Gasteiger partial charge in [-0.2, -0.15) is 0 Å². The Labute approximate surface area is 102 Å². The third-order valence-electron chi connectivity index (χ3n) is 3.46. The van der Waals surface area contributed by atoms with Crippen molar-refractivity contribution in [2.45, 2.75) is 25.3 Å². The fraction of sp³-hybridized carbons (Fsp3) is 0.538. The molecule has 2 N–H and O–H groups in total. The molecule has 94 valence electrons. The highest BCUT2D eigenvalue weighted by Crippen LogP contribution is 2.42. The average molecular weight is 237 g/mol. The van der Waals surface area contributed by atoms with Gasteiger partial charge in [-0.25, -0.2) is 0 Å². The second kappa shape index (κ2) is 4.45. The molecule has 0 aromatic heterocycles. The number of hydrogen-bond donors (Lipinski definition) is 2. The lowest BCUT2D eigenvalue weighted by Crippen LogP contribution is -2.33. The summed E-state index contributed by atoms with van der Waals surface area (Å²) in [6.07, 6.45) is 2.19. The van der Waals surface area contributed by atoms with Gasteiger partial charge in [-0.3, -0.25) is 0 Å². The first-order valence-electron chi connectivity index (χ1n) is 5.81. The van der Waals surface area contributed by atoms with E-state index >= 15 is 0 Å². The van der Waals surface area contributed by atoms with Crippen LogP contribution in [0.4, 0.5) is 0 Å². The molecule has 2 rings (SSSR count). The van der Waals surface area contributed by atoms with Crippen molar-refractivity contribution < 1.29 is 14.6 Å². The van der Waals surface area contributed by atoms with Gasteiger partial charge in [0.1, 0.15) is 5.75 Å². The third-order valence-corrected chi connectivity index (χ3v) is 3.46. The number of aromatic hydroxyl groups is 1. The Bertz CT molecular complexity index is 411. The zero-order valence-corrected chi connectivity index (χ0v) is 10.5. The molecule has 4 heteroatoms. The van der Waals surface area contributed by atoms with E-state index in [9.17, 15) is 5.11 Å². The first-order valence-corrected chi connectivity index (χ1v) is 5.81. The van der Waals surface area contributed by atoms with Crippen molar-refractivity contribution in [2.24, 2.45) is 0 Å². The molecule has 17 heavy (non-hydrogen) atoms. The van der Waals surface area contributed by atoms with E-state index in [0.29, 0.717) is 11.5 Å². The van der Waals surface area contributed by atoms with Crippen molar-refractivity contribution in [1.82, 2.24) is 5.32 Å². The third kappa shape index (κ3) is 2.05. The number of phenols is 1. The SMILES string of the molecule is COc1cc(C2(C)CCCN2)c(OC)cc1O. The van der Waals surface area contributed by atoms with E-state index in [-0.39, 0.29) is 11.3 Å². The highest BCUT2D eigenvalue weighted by atomic mass is 16.5. The van der Waals surface area contributed by atoms with Crippen molar-refractivity contribution in [3.05, 3.63) is 17.7 Å². The second-order valence-electron chi connectivity index (χ2n) is 4.59. The number of hydrogen-bond acceptors (Lipinski definition) is 4. The normalized spacial score (nSPS) is 23.7. The van der Waals surface area contributed by atoms with Crippen LogP contribution in [0.15, 0.2) is 12.1 Å². The van der Waals surface area contributed by atoms with Crippen molar-refractivity contribution in [1.29, 1.82) is 0 Å². The van der Waals surface area contributed by atoms with E-state index in [1.807, 2.05) is 6.07 Å². The quantitative estimate of drug-likeness (QED) is 0.844. The highest BCUT2D eigenvalue weighted by molar-refractivity contribution is 5.52. The van der Waals surface area contributed by atoms with Crippen molar-refractivity contribution in [3.8, 4) is 17.2 Å². The van der Waals surface area contributed by atoms with Gasteiger partial charge in [0, 0.05) is 17.2 Å². The van der Waals surface area contributed by atoms with Crippen LogP contribution in [0.2, 0.25) is 0 Å². The van der Waals surface area contributed by atoms with Crippen LogP contribution >= 0.6 is 0 Å². The Hall–Kier alpha value is -1.42. The number of ether oxygens (including phenoxy) is 2. The topological polar surface area (TPSA) is 50.7 Å². The Kier molecular flexibility index (Phi) is 3.15.